The summed E-state index contributed by atoms with van der Waals surface area (Å²) in [6.07, 6.45) is 1.91. The topological polar surface area (TPSA) is 184 Å². The van der Waals surface area contributed by atoms with Gasteiger partial charge in [0.05, 0.1) is 23.4 Å². The van der Waals surface area contributed by atoms with Crippen LogP contribution in [0.2, 0.25) is 0 Å². The molecular formula is C27H21N3O9. The van der Waals surface area contributed by atoms with E-state index in [2.05, 4.69) is 0 Å². The predicted octanol–water partition coefficient (Wildman–Crippen LogP) is 3.78. The highest BCUT2D eigenvalue weighted by atomic mass is 16.6. The molecule has 12 heteroatoms. The first-order valence-corrected chi connectivity index (χ1v) is 11.4. The van der Waals surface area contributed by atoms with Crippen molar-refractivity contribution in [1.29, 1.82) is 0 Å². The Balaban J connectivity index is 1.53. The second-order valence-corrected chi connectivity index (χ2v) is 8.04. The van der Waals surface area contributed by atoms with E-state index >= 15 is 0 Å². The average Bonchev–Trinajstić information content (AvgIpc) is 3.43. The quantitative estimate of drug-likeness (QED) is 0.0717. The van der Waals surface area contributed by atoms with Crippen molar-refractivity contribution in [2.45, 2.75) is 6.42 Å². The number of phenols is 1. The van der Waals surface area contributed by atoms with Gasteiger partial charge in [0.1, 0.15) is 11.3 Å². The second kappa shape index (κ2) is 11.7. The predicted molar refractivity (Wildman–Crippen MR) is 136 cm³/mol. The highest BCUT2D eigenvalue weighted by Gasteiger charge is 2.33. The molecule has 4 N–H and O–H groups in total. The zero-order valence-corrected chi connectivity index (χ0v) is 20.2. The van der Waals surface area contributed by atoms with Gasteiger partial charge in [0, 0.05) is 12.0 Å². The fourth-order valence-corrected chi connectivity index (χ4v) is 3.80. The summed E-state index contributed by atoms with van der Waals surface area (Å²) in [5.41, 5.74) is 0.974. The number of rotatable bonds is 9. The Hall–Kier alpha value is -5.49. The number of amides is 1. The Labute approximate surface area is 220 Å². The zero-order chi connectivity index (χ0) is 27.9. The summed E-state index contributed by atoms with van der Waals surface area (Å²) in [6.45, 7) is 0.416. The third-order valence-electron chi connectivity index (χ3n) is 5.60. The van der Waals surface area contributed by atoms with Gasteiger partial charge in [-0.1, -0.05) is 42.5 Å². The van der Waals surface area contributed by atoms with Gasteiger partial charge in [0.15, 0.2) is 5.75 Å². The summed E-state index contributed by atoms with van der Waals surface area (Å²) in [6, 6.07) is 19.8. The fraction of sp³-hybridized carbons (Fsp3) is 0.0741. The minimum absolute atomic E-state index is 0.290. The van der Waals surface area contributed by atoms with Crippen LogP contribution in [0.4, 0.5) is 5.69 Å². The van der Waals surface area contributed by atoms with Gasteiger partial charge in [-0.25, -0.2) is 15.4 Å². The molecule has 3 aromatic carbocycles. The minimum atomic E-state index is -1.40. The highest BCUT2D eigenvalue weighted by Crippen LogP contribution is 2.33. The number of nitro groups is 1. The molecule has 0 unspecified atom stereocenters. The number of hydrogen-bond donors (Lipinski definition) is 3. The Morgan fingerprint density at radius 3 is 2.49 bits per heavy atom. The van der Waals surface area contributed by atoms with Crippen LogP contribution in [0, 0.1) is 10.1 Å². The number of esters is 2. The van der Waals surface area contributed by atoms with Crippen LogP contribution in [0.1, 0.15) is 36.8 Å². The number of aromatic hydroxyl groups is 1. The maximum absolute atomic E-state index is 12.9. The molecule has 0 aliphatic heterocycles. The van der Waals surface area contributed by atoms with Gasteiger partial charge >= 0.3 is 17.6 Å². The molecule has 0 fully saturated rings. The molecule has 198 valence electrons. The van der Waals surface area contributed by atoms with Crippen molar-refractivity contribution in [3.05, 3.63) is 112 Å². The van der Waals surface area contributed by atoms with Crippen LogP contribution in [-0.4, -0.2) is 34.5 Å². The monoisotopic (exact) mass is 531 g/mol. The molecule has 0 atom stereocenters. The fourth-order valence-electron chi connectivity index (χ4n) is 3.80. The van der Waals surface area contributed by atoms with Crippen LogP contribution in [0.3, 0.4) is 0 Å². The van der Waals surface area contributed by atoms with Gasteiger partial charge in [-0.2, -0.15) is 0 Å². The summed E-state index contributed by atoms with van der Waals surface area (Å²) in [7, 11) is 0. The van der Waals surface area contributed by atoms with E-state index in [4.69, 9.17) is 19.7 Å². The van der Waals surface area contributed by atoms with Crippen LogP contribution in [0.15, 0.2) is 83.5 Å². The van der Waals surface area contributed by atoms with Gasteiger partial charge in [-0.05, 0) is 41.5 Å². The van der Waals surface area contributed by atoms with Gasteiger partial charge in [0.2, 0.25) is 5.76 Å². The number of nitrogens with two attached hydrogens (primary N) is 1. The maximum Gasteiger partial charge on any atom is 0.382 e. The van der Waals surface area contributed by atoms with E-state index in [0.29, 0.717) is 24.3 Å². The molecule has 0 saturated carbocycles. The number of hydrazine groups is 1. The van der Waals surface area contributed by atoms with Crippen LogP contribution in [0.5, 0.6) is 11.5 Å². The number of phenolic OH excluding ortho intramolecular Hbond substituents is 1. The van der Waals surface area contributed by atoms with Crippen molar-refractivity contribution in [3.63, 3.8) is 0 Å². The van der Waals surface area contributed by atoms with Crippen molar-refractivity contribution in [1.82, 2.24) is 5.43 Å². The maximum atomic E-state index is 12.9. The minimum Gasteiger partial charge on any atom is -0.502 e. The van der Waals surface area contributed by atoms with E-state index in [1.165, 1.54) is 12.3 Å². The molecule has 4 aromatic rings. The van der Waals surface area contributed by atoms with E-state index in [1.54, 1.807) is 29.7 Å². The molecule has 39 heavy (non-hydrogen) atoms. The third kappa shape index (κ3) is 5.92. The lowest BCUT2D eigenvalue weighted by molar-refractivity contribution is -0.386. The van der Waals surface area contributed by atoms with Crippen molar-refractivity contribution in [2.75, 3.05) is 6.61 Å². The molecule has 1 aromatic heterocycles. The number of nitro benzene ring substituents is 1. The number of ether oxygens (including phenoxy) is 2. The van der Waals surface area contributed by atoms with Crippen LogP contribution in [0.25, 0.3) is 11.1 Å². The SMILES string of the molecule is NNC(=O)c1c(C(=O)OC(=O)c2occc2-c2cccc(OCCc3ccccc3)c2)ccc(O)c1[N+](=O)[O-]. The van der Waals surface area contributed by atoms with Gasteiger partial charge < -0.3 is 19.0 Å². The first-order valence-electron chi connectivity index (χ1n) is 11.4. The number of nitrogen functional groups attached to an aromatic ring is 1. The smallest absolute Gasteiger partial charge is 0.382 e. The van der Waals surface area contributed by atoms with E-state index in [1.807, 2.05) is 30.3 Å². The first-order chi connectivity index (χ1) is 18.8. The lowest BCUT2D eigenvalue weighted by atomic mass is 10.0. The summed E-state index contributed by atoms with van der Waals surface area (Å²) in [5.74, 6) is 0.528. The molecule has 0 aliphatic rings. The summed E-state index contributed by atoms with van der Waals surface area (Å²) in [5, 5.41) is 21.2. The van der Waals surface area contributed by atoms with Crippen LogP contribution >= 0.6 is 0 Å². The number of furan rings is 1. The van der Waals surface area contributed by atoms with Crippen molar-refractivity contribution in [3.8, 4) is 22.6 Å². The van der Waals surface area contributed by atoms with E-state index < -0.39 is 45.3 Å². The molecular weight excluding hydrogens is 510 g/mol. The number of hydrogen-bond acceptors (Lipinski definition) is 10. The number of carbonyl (C=O) groups is 3. The standard InChI is InChI=1S/C27H21N3O9/c28-29-25(32)22-20(9-10-21(31)23(22)30(35)36)26(33)39-27(34)24-19(12-14-38-24)17-7-4-8-18(15-17)37-13-11-16-5-2-1-3-6-16/h1-10,12,14-15,31H,11,13,28H2,(H,29,32). The third-order valence-corrected chi connectivity index (χ3v) is 5.60. The second-order valence-electron chi connectivity index (χ2n) is 8.04. The van der Waals surface area contributed by atoms with Gasteiger partial charge in [0.25, 0.3) is 5.91 Å². The number of carbonyl (C=O) groups excluding carboxylic acids is 3. The summed E-state index contributed by atoms with van der Waals surface area (Å²) < 4.78 is 16.0. The number of nitrogens with one attached hydrogen (secondary N) is 1. The zero-order valence-electron chi connectivity index (χ0n) is 20.2. The molecule has 0 spiro atoms. The molecule has 1 amide bonds. The molecule has 0 radical (unpaired) electrons. The van der Waals surface area contributed by atoms with Gasteiger partial charge in [-0.15, -0.1) is 0 Å². The van der Waals surface area contributed by atoms with Crippen LogP contribution in [-0.2, 0) is 11.2 Å². The average molecular weight is 531 g/mol. The Bertz CT molecular complexity index is 1550. The molecule has 1 heterocycles. The summed E-state index contributed by atoms with van der Waals surface area (Å²) in [4.78, 5) is 48.1. The number of nitrogens with zero attached hydrogens (tertiary/aromatic N) is 1. The Morgan fingerprint density at radius 2 is 1.77 bits per heavy atom. The molecule has 4 rings (SSSR count). The number of benzene rings is 3. The lowest BCUT2D eigenvalue weighted by Crippen LogP contribution is -2.32. The highest BCUT2D eigenvalue weighted by molar-refractivity contribution is 6.12. The molecule has 12 nitrogen and oxygen atoms in total. The van der Waals surface area contributed by atoms with Gasteiger partial charge in [-0.3, -0.25) is 20.3 Å². The largest absolute Gasteiger partial charge is 0.502 e. The normalized spacial score (nSPS) is 10.5. The Kier molecular flexibility index (Phi) is 7.98. The van der Waals surface area contributed by atoms with E-state index in [9.17, 15) is 29.6 Å². The van der Waals surface area contributed by atoms with E-state index in [0.717, 1.165) is 17.7 Å². The van der Waals surface area contributed by atoms with Crippen LogP contribution < -0.4 is 16.0 Å². The van der Waals surface area contributed by atoms with Crippen molar-refractivity contribution < 1.29 is 38.3 Å². The van der Waals surface area contributed by atoms with Crippen molar-refractivity contribution in [2.24, 2.45) is 5.84 Å². The van der Waals surface area contributed by atoms with Crippen molar-refractivity contribution >= 4 is 23.5 Å². The summed E-state index contributed by atoms with van der Waals surface area (Å²) >= 11 is 0. The molecule has 0 bridgehead atoms. The lowest BCUT2D eigenvalue weighted by Gasteiger charge is -2.10. The van der Waals surface area contributed by atoms with E-state index in [-0.39, 0.29) is 11.3 Å². The first kappa shape index (κ1) is 26.6. The Morgan fingerprint density at radius 1 is 1.00 bits per heavy atom. The molecule has 0 aliphatic carbocycles. The molecule has 0 saturated heterocycles.